The van der Waals surface area contributed by atoms with Crippen LogP contribution in [0.25, 0.3) is 0 Å². The number of nitrogens with zero attached hydrogens (tertiary/aromatic N) is 2. The van der Waals surface area contributed by atoms with E-state index in [9.17, 15) is 13.2 Å². The van der Waals surface area contributed by atoms with E-state index >= 15 is 0 Å². The van der Waals surface area contributed by atoms with Crippen molar-refractivity contribution in [1.29, 1.82) is 0 Å². The van der Waals surface area contributed by atoms with E-state index in [1.807, 2.05) is 0 Å². The number of hydrogen-bond donors (Lipinski definition) is 1. The maximum absolute atomic E-state index is 12.2. The number of carbonyl (C=O) groups excluding carboxylic acids is 1. The minimum Gasteiger partial charge on any atom is -0.494 e. The second-order valence-corrected chi connectivity index (χ2v) is 8.39. The largest absolute Gasteiger partial charge is 0.494 e. The molecule has 0 aliphatic heterocycles. The highest BCUT2D eigenvalue weighted by Gasteiger charge is 2.19. The molecule has 24 heavy (non-hydrogen) atoms. The van der Waals surface area contributed by atoms with Gasteiger partial charge in [-0.1, -0.05) is 37.7 Å². The summed E-state index contributed by atoms with van der Waals surface area (Å²) in [4.78, 5) is 12.2. The quantitative estimate of drug-likeness (QED) is 0.567. The number of benzene rings is 1. The molecule has 1 aromatic heterocycles. The van der Waals surface area contributed by atoms with Gasteiger partial charge < -0.3 is 4.74 Å². The molecule has 1 aromatic carbocycles. The molecule has 1 heterocycles. The fourth-order valence-electron chi connectivity index (χ4n) is 1.74. The molecule has 7 nitrogen and oxygen atoms in total. The Hall–Kier alpha value is -2.00. The van der Waals surface area contributed by atoms with Gasteiger partial charge >= 0.3 is 0 Å². The zero-order valence-corrected chi connectivity index (χ0v) is 15.1. The molecule has 0 saturated carbocycles. The number of nitrogens with one attached hydrogen (secondary N) is 1. The first-order chi connectivity index (χ1) is 11.5. The molecule has 0 bridgehead atoms. The SMILES string of the molecule is CCCCOc1cccc(C(=O)Nc2nnc(S(=O)(=O)CC)s2)c1. The standard InChI is InChI=1S/C15H19N3O4S2/c1-3-5-9-22-12-8-6-7-11(10-12)13(19)16-14-17-18-15(23-14)24(20,21)4-2/h6-8,10H,3-5,9H2,1-2H3,(H,16,17,19). The van der Waals surface area contributed by atoms with Crippen molar-refractivity contribution >= 4 is 32.2 Å². The molecule has 9 heteroatoms. The first kappa shape index (κ1) is 18.3. The first-order valence-electron chi connectivity index (χ1n) is 7.56. The van der Waals surface area contributed by atoms with Crippen LogP contribution in [0.1, 0.15) is 37.0 Å². The molecule has 0 atom stereocenters. The van der Waals surface area contributed by atoms with Crippen molar-refractivity contribution in [3.8, 4) is 5.75 Å². The molecule has 0 fully saturated rings. The highest BCUT2D eigenvalue weighted by atomic mass is 32.2. The zero-order valence-electron chi connectivity index (χ0n) is 13.5. The van der Waals surface area contributed by atoms with Crippen molar-refractivity contribution in [2.24, 2.45) is 0 Å². The first-order valence-corrected chi connectivity index (χ1v) is 10.0. The van der Waals surface area contributed by atoms with Crippen LogP contribution >= 0.6 is 11.3 Å². The van der Waals surface area contributed by atoms with Crippen LogP contribution in [0.5, 0.6) is 5.75 Å². The van der Waals surface area contributed by atoms with E-state index in [-0.39, 0.29) is 15.2 Å². The Kier molecular flexibility index (Phi) is 6.27. The Labute approximate surface area is 145 Å². The Bertz CT molecular complexity index is 803. The second-order valence-electron chi connectivity index (χ2n) is 4.96. The summed E-state index contributed by atoms with van der Waals surface area (Å²) in [6, 6.07) is 6.79. The lowest BCUT2D eigenvalue weighted by Gasteiger charge is -2.07. The Morgan fingerprint density at radius 2 is 2.08 bits per heavy atom. The lowest BCUT2D eigenvalue weighted by atomic mass is 10.2. The van der Waals surface area contributed by atoms with Crippen LogP contribution in [-0.2, 0) is 9.84 Å². The van der Waals surface area contributed by atoms with Gasteiger partial charge in [-0.3, -0.25) is 10.1 Å². The van der Waals surface area contributed by atoms with E-state index < -0.39 is 15.7 Å². The van der Waals surface area contributed by atoms with Crippen LogP contribution in [0.2, 0.25) is 0 Å². The van der Waals surface area contributed by atoms with Gasteiger partial charge in [0.05, 0.1) is 12.4 Å². The van der Waals surface area contributed by atoms with E-state index in [1.54, 1.807) is 24.3 Å². The fourth-order valence-corrected chi connectivity index (χ4v) is 3.72. The summed E-state index contributed by atoms with van der Waals surface area (Å²) in [5, 5.41) is 10.0. The van der Waals surface area contributed by atoms with Gasteiger partial charge in [-0.05, 0) is 24.6 Å². The Balaban J connectivity index is 2.06. The molecule has 1 N–H and O–H groups in total. The number of unbranched alkanes of at least 4 members (excludes halogenated alkanes) is 1. The van der Waals surface area contributed by atoms with Crippen LogP contribution in [0.3, 0.4) is 0 Å². The van der Waals surface area contributed by atoms with Gasteiger partial charge in [0.25, 0.3) is 5.91 Å². The summed E-state index contributed by atoms with van der Waals surface area (Å²) >= 11 is 0.835. The van der Waals surface area contributed by atoms with E-state index in [0.717, 1.165) is 24.2 Å². The van der Waals surface area contributed by atoms with Gasteiger partial charge in [-0.2, -0.15) is 0 Å². The van der Waals surface area contributed by atoms with Gasteiger partial charge in [0.1, 0.15) is 5.75 Å². The van der Waals surface area contributed by atoms with Crippen LogP contribution < -0.4 is 10.1 Å². The molecule has 1 amide bonds. The molecule has 0 aliphatic carbocycles. The number of rotatable bonds is 8. The summed E-state index contributed by atoms with van der Waals surface area (Å²) in [5.74, 6) is 0.155. The summed E-state index contributed by atoms with van der Waals surface area (Å²) in [6.07, 6.45) is 1.97. The van der Waals surface area contributed by atoms with Gasteiger partial charge in [-0.15, -0.1) is 10.2 Å². The van der Waals surface area contributed by atoms with Gasteiger partial charge in [0, 0.05) is 5.56 Å². The molecule has 0 spiro atoms. The fraction of sp³-hybridized carbons (Fsp3) is 0.400. The monoisotopic (exact) mass is 369 g/mol. The third kappa shape index (κ3) is 4.75. The van der Waals surface area contributed by atoms with Crippen molar-refractivity contribution in [1.82, 2.24) is 10.2 Å². The number of amides is 1. The maximum atomic E-state index is 12.2. The molecule has 130 valence electrons. The average molecular weight is 369 g/mol. The second kappa shape index (κ2) is 8.20. The zero-order chi connectivity index (χ0) is 17.6. The van der Waals surface area contributed by atoms with Crippen molar-refractivity contribution in [2.75, 3.05) is 17.7 Å². The van der Waals surface area contributed by atoms with Crippen LogP contribution in [0, 0.1) is 0 Å². The van der Waals surface area contributed by atoms with Crippen LogP contribution in [0.15, 0.2) is 28.6 Å². The number of anilines is 1. The molecule has 0 aliphatic rings. The molecule has 0 radical (unpaired) electrons. The van der Waals surface area contributed by atoms with Gasteiger partial charge in [0.15, 0.2) is 0 Å². The maximum Gasteiger partial charge on any atom is 0.257 e. The number of carbonyl (C=O) groups is 1. The third-order valence-corrected chi connectivity index (χ3v) is 6.15. The molecular formula is C15H19N3O4S2. The number of aromatic nitrogens is 2. The number of ether oxygens (including phenoxy) is 1. The molecule has 2 rings (SSSR count). The van der Waals surface area contributed by atoms with E-state index in [2.05, 4.69) is 22.4 Å². The van der Waals surface area contributed by atoms with Crippen molar-refractivity contribution < 1.29 is 17.9 Å². The number of hydrogen-bond acceptors (Lipinski definition) is 7. The lowest BCUT2D eigenvalue weighted by Crippen LogP contribution is -2.11. The predicted molar refractivity (Wildman–Crippen MR) is 92.4 cm³/mol. The average Bonchev–Trinajstić information content (AvgIpc) is 3.05. The normalized spacial score (nSPS) is 11.2. The molecule has 0 saturated heterocycles. The highest BCUT2D eigenvalue weighted by molar-refractivity contribution is 7.93. The molecule has 0 unspecified atom stereocenters. The summed E-state index contributed by atoms with van der Waals surface area (Å²) in [5.41, 5.74) is 0.402. The number of sulfone groups is 1. The Morgan fingerprint density at radius 1 is 1.29 bits per heavy atom. The summed E-state index contributed by atoms with van der Waals surface area (Å²) in [7, 11) is -3.42. The van der Waals surface area contributed by atoms with Gasteiger partial charge in [-0.25, -0.2) is 8.42 Å². The Morgan fingerprint density at radius 3 is 2.79 bits per heavy atom. The highest BCUT2D eigenvalue weighted by Crippen LogP contribution is 2.22. The summed E-state index contributed by atoms with van der Waals surface area (Å²) < 4.78 is 28.9. The van der Waals surface area contributed by atoms with Crippen molar-refractivity contribution in [3.63, 3.8) is 0 Å². The lowest BCUT2D eigenvalue weighted by molar-refractivity contribution is 0.102. The van der Waals surface area contributed by atoms with Crippen LogP contribution in [-0.4, -0.2) is 36.9 Å². The summed E-state index contributed by atoms with van der Waals surface area (Å²) in [6.45, 7) is 4.19. The minimum atomic E-state index is -3.42. The van der Waals surface area contributed by atoms with Crippen molar-refractivity contribution in [2.45, 2.75) is 31.0 Å². The molecule has 2 aromatic rings. The predicted octanol–water partition coefficient (Wildman–Crippen LogP) is 2.76. The van der Waals surface area contributed by atoms with E-state index in [0.29, 0.717) is 17.9 Å². The third-order valence-electron chi connectivity index (χ3n) is 3.14. The minimum absolute atomic E-state index is 0.0628. The van der Waals surface area contributed by atoms with E-state index in [4.69, 9.17) is 4.74 Å². The van der Waals surface area contributed by atoms with E-state index in [1.165, 1.54) is 6.92 Å². The van der Waals surface area contributed by atoms with Crippen LogP contribution in [0.4, 0.5) is 5.13 Å². The van der Waals surface area contributed by atoms with Crippen molar-refractivity contribution in [3.05, 3.63) is 29.8 Å². The topological polar surface area (TPSA) is 98.2 Å². The molecular weight excluding hydrogens is 350 g/mol. The van der Waals surface area contributed by atoms with Gasteiger partial charge in [0.2, 0.25) is 19.3 Å². The smallest absolute Gasteiger partial charge is 0.257 e.